The molecule has 2 bridgehead atoms. The number of nitrogens with zero attached hydrogens (tertiary/aromatic N) is 3. The van der Waals surface area contributed by atoms with E-state index in [0.717, 1.165) is 44.6 Å². The average molecular weight is 376 g/mol. The zero-order chi connectivity index (χ0) is 19.1. The molecule has 0 fully saturated rings. The molecule has 4 heterocycles. The monoisotopic (exact) mass is 376 g/mol. The van der Waals surface area contributed by atoms with E-state index >= 15 is 0 Å². The Morgan fingerprint density at radius 3 is 3.04 bits per heavy atom. The smallest absolute Gasteiger partial charge is 0.219 e. The Bertz CT molecular complexity index is 1180. The molecule has 4 aromatic rings. The number of fused-ring (bicyclic) bond motifs is 4. The molecule has 0 saturated heterocycles. The van der Waals surface area contributed by atoms with E-state index in [9.17, 15) is 0 Å². The highest BCUT2D eigenvalue weighted by atomic mass is 16.5. The van der Waals surface area contributed by atoms with Crippen molar-refractivity contribution >= 4 is 23.1 Å². The minimum atomic E-state index is 0.390. The molecule has 1 N–H and O–H groups in total. The molecule has 0 spiro atoms. The van der Waals surface area contributed by atoms with Crippen LogP contribution in [-0.2, 0) is 18.4 Å². The van der Waals surface area contributed by atoms with Crippen molar-refractivity contribution < 1.29 is 13.9 Å². The van der Waals surface area contributed by atoms with Gasteiger partial charge in [0.1, 0.15) is 19.0 Å². The Hall–Kier alpha value is -3.32. The number of hydrogen-bond acceptors (Lipinski definition) is 5. The van der Waals surface area contributed by atoms with Gasteiger partial charge < -0.3 is 13.9 Å². The van der Waals surface area contributed by atoms with Crippen molar-refractivity contribution in [2.75, 3.05) is 13.2 Å². The molecule has 7 heteroatoms. The summed E-state index contributed by atoms with van der Waals surface area (Å²) in [4.78, 5) is 0. The van der Waals surface area contributed by atoms with Gasteiger partial charge in [-0.25, -0.2) is 4.68 Å². The Morgan fingerprint density at radius 1 is 1.18 bits per heavy atom. The molecule has 0 radical (unpaired) electrons. The number of benzene rings is 1. The number of H-pyrrole nitrogens is 1. The van der Waals surface area contributed by atoms with Gasteiger partial charge >= 0.3 is 0 Å². The first kappa shape index (κ1) is 16.8. The summed E-state index contributed by atoms with van der Waals surface area (Å²) in [6.07, 6.45) is 7.65. The van der Waals surface area contributed by atoms with Crippen molar-refractivity contribution in [1.82, 2.24) is 20.0 Å². The molecule has 0 amide bonds. The topological polar surface area (TPSA) is 78.1 Å². The van der Waals surface area contributed by atoms with Gasteiger partial charge in [-0.15, -0.1) is 0 Å². The van der Waals surface area contributed by atoms with E-state index in [1.54, 1.807) is 10.9 Å². The van der Waals surface area contributed by atoms with E-state index in [-0.39, 0.29) is 0 Å². The van der Waals surface area contributed by atoms with Crippen LogP contribution in [0.15, 0.2) is 35.1 Å². The van der Waals surface area contributed by atoms with Gasteiger partial charge in [-0.2, -0.15) is 10.2 Å². The maximum Gasteiger partial charge on any atom is 0.219 e. The summed E-state index contributed by atoms with van der Waals surface area (Å²) < 4.78 is 19.2. The summed E-state index contributed by atoms with van der Waals surface area (Å²) in [6, 6.07) is 6.15. The Morgan fingerprint density at radius 2 is 2.11 bits per heavy atom. The lowest BCUT2D eigenvalue weighted by Crippen LogP contribution is -2.09. The molecule has 3 aromatic heterocycles. The number of aryl methyl sites for hydroxylation is 2. The second-order valence-corrected chi connectivity index (χ2v) is 6.85. The third-order valence-corrected chi connectivity index (χ3v) is 5.00. The first-order chi connectivity index (χ1) is 13.7. The van der Waals surface area contributed by atoms with Crippen LogP contribution in [0.5, 0.6) is 5.88 Å². The molecule has 1 aliphatic heterocycles. The van der Waals surface area contributed by atoms with Crippen LogP contribution in [0.4, 0.5) is 0 Å². The Labute approximate surface area is 161 Å². The summed E-state index contributed by atoms with van der Waals surface area (Å²) in [7, 11) is 1.87. The molecule has 1 aliphatic rings. The van der Waals surface area contributed by atoms with E-state index in [4.69, 9.17) is 13.9 Å². The van der Waals surface area contributed by atoms with Crippen molar-refractivity contribution in [2.45, 2.75) is 13.5 Å². The highest BCUT2D eigenvalue weighted by molar-refractivity contribution is 5.93. The molecule has 0 atom stereocenters. The number of aromatic nitrogens is 4. The zero-order valence-corrected chi connectivity index (χ0v) is 15.7. The standard InChI is InChI=1S/C21H20N4O3/c1-13-11-28-20-12-26-7-8-27-21-17(10-22-25(21)2)14-3-5-18-16(9-14)19(24-23-18)6-4-15(13)20/h3-6,9-11H,7-8,12H2,1-2H3,(H,23,24)/b6-4+. The van der Waals surface area contributed by atoms with Crippen molar-refractivity contribution in [3.05, 3.63) is 53.2 Å². The number of ether oxygens (including phenoxy) is 2. The molecular formula is C21H20N4O3. The lowest BCUT2D eigenvalue weighted by Gasteiger charge is -2.09. The van der Waals surface area contributed by atoms with Gasteiger partial charge in [0.05, 0.1) is 35.8 Å². The fourth-order valence-electron chi connectivity index (χ4n) is 3.49. The highest BCUT2D eigenvalue weighted by Gasteiger charge is 2.15. The minimum Gasteiger partial charge on any atom is -0.475 e. The lowest BCUT2D eigenvalue weighted by molar-refractivity contribution is 0.0757. The predicted octanol–water partition coefficient (Wildman–Crippen LogP) is 3.94. The molecule has 0 unspecified atom stereocenters. The first-order valence-corrected chi connectivity index (χ1v) is 9.17. The normalized spacial score (nSPS) is 15.5. The van der Waals surface area contributed by atoms with Gasteiger partial charge in [-0.3, -0.25) is 5.10 Å². The average Bonchev–Trinajstić information content (AvgIpc) is 3.37. The Balaban J connectivity index is 1.66. The maximum absolute atomic E-state index is 5.98. The maximum atomic E-state index is 5.98. The number of aromatic amines is 1. The van der Waals surface area contributed by atoms with Crippen LogP contribution in [0, 0.1) is 6.92 Å². The van der Waals surface area contributed by atoms with Crippen LogP contribution in [0.1, 0.15) is 22.6 Å². The SMILES string of the molecule is Cc1coc2c1/C=C/c1[nH]nc3ccc(cc13)-c1cnn(C)c1OCCOC2. The van der Waals surface area contributed by atoms with Crippen LogP contribution in [0.25, 0.3) is 34.2 Å². The van der Waals surface area contributed by atoms with Gasteiger partial charge in [0.15, 0.2) is 0 Å². The quantitative estimate of drug-likeness (QED) is 0.503. The summed E-state index contributed by atoms with van der Waals surface area (Å²) in [5.41, 5.74) is 5.92. The predicted molar refractivity (Wildman–Crippen MR) is 106 cm³/mol. The molecule has 0 aliphatic carbocycles. The van der Waals surface area contributed by atoms with Gasteiger partial charge in [-0.1, -0.05) is 6.07 Å². The van der Waals surface area contributed by atoms with Crippen LogP contribution < -0.4 is 4.74 Å². The van der Waals surface area contributed by atoms with Gasteiger partial charge in [0, 0.05) is 18.0 Å². The summed E-state index contributed by atoms with van der Waals surface area (Å²) in [5.74, 6) is 1.52. The van der Waals surface area contributed by atoms with Gasteiger partial charge in [0.25, 0.3) is 0 Å². The van der Waals surface area contributed by atoms with Crippen LogP contribution in [0.2, 0.25) is 0 Å². The second kappa shape index (κ2) is 6.69. The number of nitrogens with one attached hydrogen (secondary N) is 1. The summed E-state index contributed by atoms with van der Waals surface area (Å²) in [5, 5.41) is 12.9. The first-order valence-electron chi connectivity index (χ1n) is 9.17. The largest absolute Gasteiger partial charge is 0.475 e. The van der Waals surface area contributed by atoms with E-state index in [0.29, 0.717) is 25.7 Å². The van der Waals surface area contributed by atoms with Crippen LogP contribution >= 0.6 is 0 Å². The number of rotatable bonds is 0. The van der Waals surface area contributed by atoms with Crippen LogP contribution in [-0.4, -0.2) is 33.2 Å². The van der Waals surface area contributed by atoms with Gasteiger partial charge in [0.2, 0.25) is 5.88 Å². The third kappa shape index (κ3) is 2.80. The van der Waals surface area contributed by atoms with Crippen molar-refractivity contribution in [3.63, 3.8) is 0 Å². The fraction of sp³-hybridized carbons (Fsp3) is 0.238. The van der Waals surface area contributed by atoms with Gasteiger partial charge in [-0.05, 0) is 42.3 Å². The van der Waals surface area contributed by atoms with E-state index in [1.807, 2.05) is 44.5 Å². The van der Waals surface area contributed by atoms with Crippen LogP contribution in [0.3, 0.4) is 0 Å². The van der Waals surface area contributed by atoms with E-state index in [1.165, 1.54) is 0 Å². The van der Waals surface area contributed by atoms with E-state index in [2.05, 4.69) is 21.4 Å². The van der Waals surface area contributed by atoms with E-state index < -0.39 is 0 Å². The number of furan rings is 1. The molecule has 142 valence electrons. The lowest BCUT2D eigenvalue weighted by atomic mass is 10.0. The third-order valence-electron chi connectivity index (χ3n) is 5.00. The number of hydrogen-bond donors (Lipinski definition) is 1. The minimum absolute atomic E-state index is 0.390. The molecule has 1 aromatic carbocycles. The molecule has 5 rings (SSSR count). The molecule has 7 nitrogen and oxygen atoms in total. The van der Waals surface area contributed by atoms with Crippen molar-refractivity contribution in [2.24, 2.45) is 7.05 Å². The molecule has 0 saturated carbocycles. The molecular weight excluding hydrogens is 356 g/mol. The summed E-state index contributed by atoms with van der Waals surface area (Å²) >= 11 is 0. The van der Waals surface area contributed by atoms with Crippen molar-refractivity contribution in [1.29, 1.82) is 0 Å². The second-order valence-electron chi connectivity index (χ2n) is 6.85. The highest BCUT2D eigenvalue weighted by Crippen LogP contribution is 2.32. The molecule has 28 heavy (non-hydrogen) atoms. The fourth-order valence-corrected chi connectivity index (χ4v) is 3.49. The van der Waals surface area contributed by atoms with Crippen molar-refractivity contribution in [3.8, 4) is 17.0 Å². The zero-order valence-electron chi connectivity index (χ0n) is 15.7. The summed E-state index contributed by atoms with van der Waals surface area (Å²) in [6.45, 7) is 3.30. The Kier molecular flexibility index (Phi) is 4.02.